The molecule has 3 aromatic carbocycles. The Kier molecular flexibility index (Phi) is 8.04. The number of hydrogen-bond donors (Lipinski definition) is 0. The first-order valence-corrected chi connectivity index (χ1v) is 13.6. The van der Waals surface area contributed by atoms with E-state index < -0.39 is 0 Å². The smallest absolute Gasteiger partial charge is 0.337 e. The molecule has 1 aliphatic carbocycles. The first-order valence-electron chi connectivity index (χ1n) is 13.6. The van der Waals surface area contributed by atoms with E-state index >= 15 is 0 Å². The van der Waals surface area contributed by atoms with Crippen LogP contribution < -0.4 is 0 Å². The molecule has 0 saturated heterocycles. The molecule has 0 spiro atoms. The average Bonchev–Trinajstić information content (AvgIpc) is 3.30. The van der Waals surface area contributed by atoms with Gasteiger partial charge in [-0.05, 0) is 93.2 Å². The molecule has 0 atom stereocenters. The predicted octanol–water partition coefficient (Wildman–Crippen LogP) is 6.99. The zero-order valence-corrected chi connectivity index (χ0v) is 22.7. The minimum atomic E-state index is -0.317. The predicted molar refractivity (Wildman–Crippen MR) is 155 cm³/mol. The Labute approximate surface area is 225 Å². The number of rotatable bonds is 9. The number of benzene rings is 3. The molecular weight excluding hydrogens is 470 g/mol. The number of aryl methyl sites for hydroxylation is 1. The van der Waals surface area contributed by atoms with Crippen molar-refractivity contribution in [2.75, 3.05) is 27.7 Å². The van der Waals surface area contributed by atoms with Gasteiger partial charge in [0.05, 0.1) is 23.7 Å². The lowest BCUT2D eigenvalue weighted by atomic mass is 9.92. The van der Waals surface area contributed by atoms with E-state index in [0.29, 0.717) is 12.0 Å². The summed E-state index contributed by atoms with van der Waals surface area (Å²) in [5, 5.41) is 0. The number of fused-ring (bicyclic) bond motifs is 1. The summed E-state index contributed by atoms with van der Waals surface area (Å²) < 4.78 is 7.22. The van der Waals surface area contributed by atoms with Crippen molar-refractivity contribution in [2.45, 2.75) is 45.1 Å². The summed E-state index contributed by atoms with van der Waals surface area (Å²) in [5.74, 6) is 0.726. The van der Waals surface area contributed by atoms with Crippen LogP contribution in [0, 0.1) is 0 Å². The monoisotopic (exact) mass is 507 g/mol. The van der Waals surface area contributed by atoms with Gasteiger partial charge in [0.15, 0.2) is 0 Å². The van der Waals surface area contributed by atoms with E-state index in [0.717, 1.165) is 36.4 Å². The Hall–Kier alpha value is -3.70. The van der Waals surface area contributed by atoms with Crippen molar-refractivity contribution in [2.24, 2.45) is 0 Å². The van der Waals surface area contributed by atoms with E-state index in [1.54, 1.807) is 0 Å². The van der Waals surface area contributed by atoms with Crippen molar-refractivity contribution >= 4 is 22.6 Å². The van der Waals surface area contributed by atoms with Crippen molar-refractivity contribution in [1.29, 1.82) is 0 Å². The maximum absolute atomic E-state index is 11.9. The van der Waals surface area contributed by atoms with Crippen molar-refractivity contribution in [3.05, 3.63) is 95.3 Å². The highest BCUT2D eigenvalue weighted by molar-refractivity contribution is 5.93. The van der Waals surface area contributed by atoms with E-state index in [-0.39, 0.29) is 5.97 Å². The molecule has 196 valence electrons. The second-order valence-corrected chi connectivity index (χ2v) is 10.4. The van der Waals surface area contributed by atoms with Gasteiger partial charge in [-0.3, -0.25) is 0 Å². The maximum atomic E-state index is 11.9. The van der Waals surface area contributed by atoms with Crippen molar-refractivity contribution in [1.82, 2.24) is 14.5 Å². The van der Waals surface area contributed by atoms with E-state index in [1.165, 1.54) is 60.6 Å². The first kappa shape index (κ1) is 25.9. The molecule has 5 nitrogen and oxygen atoms in total. The van der Waals surface area contributed by atoms with Gasteiger partial charge in [-0.2, -0.15) is 0 Å². The summed E-state index contributed by atoms with van der Waals surface area (Å²) in [5.41, 5.74) is 9.07. The molecule has 0 unspecified atom stereocenters. The Morgan fingerprint density at radius 3 is 2.42 bits per heavy atom. The van der Waals surface area contributed by atoms with Gasteiger partial charge in [0.25, 0.3) is 0 Å². The Bertz CT molecular complexity index is 1430. The van der Waals surface area contributed by atoms with Crippen LogP contribution in [0.5, 0.6) is 0 Å². The van der Waals surface area contributed by atoms with Crippen LogP contribution in [0.25, 0.3) is 27.7 Å². The fourth-order valence-corrected chi connectivity index (χ4v) is 5.38. The molecule has 5 rings (SSSR count). The lowest BCUT2D eigenvalue weighted by Crippen LogP contribution is -2.16. The van der Waals surface area contributed by atoms with Crippen LogP contribution in [-0.2, 0) is 17.7 Å². The molecule has 1 aromatic heterocycles. The molecule has 0 amide bonds. The number of aromatic nitrogens is 2. The third-order valence-corrected chi connectivity index (χ3v) is 7.44. The van der Waals surface area contributed by atoms with Gasteiger partial charge >= 0.3 is 5.97 Å². The van der Waals surface area contributed by atoms with Crippen molar-refractivity contribution in [3.8, 4) is 11.1 Å². The van der Waals surface area contributed by atoms with Gasteiger partial charge in [-0.25, -0.2) is 9.78 Å². The van der Waals surface area contributed by atoms with Gasteiger partial charge in [-0.1, -0.05) is 54.6 Å². The number of allylic oxidation sites excluding steroid dienone is 2. The number of carbonyl (C=O) groups excluding carboxylic acids is 1. The molecular formula is C33H37N3O2. The van der Waals surface area contributed by atoms with Gasteiger partial charge in [0.2, 0.25) is 0 Å². The summed E-state index contributed by atoms with van der Waals surface area (Å²) in [6.45, 7) is 1.92. The maximum Gasteiger partial charge on any atom is 0.337 e. The average molecular weight is 508 g/mol. The molecule has 0 aliphatic heterocycles. The number of ether oxygens (including phenoxy) is 1. The number of hydrogen-bond acceptors (Lipinski definition) is 4. The van der Waals surface area contributed by atoms with Gasteiger partial charge < -0.3 is 14.2 Å². The highest BCUT2D eigenvalue weighted by atomic mass is 16.5. The fraction of sp³-hybridized carbons (Fsp3) is 0.333. The highest BCUT2D eigenvalue weighted by Crippen LogP contribution is 2.32. The van der Waals surface area contributed by atoms with Crippen LogP contribution in [0.3, 0.4) is 0 Å². The van der Waals surface area contributed by atoms with Gasteiger partial charge in [0, 0.05) is 18.5 Å². The van der Waals surface area contributed by atoms with E-state index in [9.17, 15) is 4.79 Å². The highest BCUT2D eigenvalue weighted by Gasteiger charge is 2.16. The van der Waals surface area contributed by atoms with Crippen LogP contribution in [0.15, 0.2) is 72.8 Å². The van der Waals surface area contributed by atoms with Gasteiger partial charge in [0.1, 0.15) is 5.82 Å². The molecule has 0 bridgehead atoms. The lowest BCUT2D eigenvalue weighted by molar-refractivity contribution is 0.0600. The number of imidazole rings is 1. The number of methoxy groups -OCH3 is 1. The number of carbonyl (C=O) groups is 1. The summed E-state index contributed by atoms with van der Waals surface area (Å²) in [4.78, 5) is 19.3. The third kappa shape index (κ3) is 5.73. The van der Waals surface area contributed by atoms with Crippen LogP contribution in [0.1, 0.15) is 59.4 Å². The first-order chi connectivity index (χ1) is 18.5. The zero-order valence-electron chi connectivity index (χ0n) is 22.7. The minimum absolute atomic E-state index is 0.317. The quantitative estimate of drug-likeness (QED) is 0.229. The van der Waals surface area contributed by atoms with Gasteiger partial charge in [-0.15, -0.1) is 0 Å². The normalized spacial score (nSPS) is 13.6. The number of nitrogens with zero attached hydrogens (tertiary/aromatic N) is 3. The molecule has 4 aromatic rings. The molecule has 0 radical (unpaired) electrons. The number of esters is 1. The molecule has 5 heteroatoms. The second-order valence-electron chi connectivity index (χ2n) is 10.4. The summed E-state index contributed by atoms with van der Waals surface area (Å²) in [6, 6.07) is 23.2. The van der Waals surface area contributed by atoms with Crippen molar-refractivity contribution in [3.63, 3.8) is 0 Å². The molecule has 1 heterocycles. The van der Waals surface area contributed by atoms with E-state index in [4.69, 9.17) is 9.72 Å². The topological polar surface area (TPSA) is 47.4 Å². The fourth-order valence-electron chi connectivity index (χ4n) is 5.38. The van der Waals surface area contributed by atoms with Crippen LogP contribution in [0.2, 0.25) is 0 Å². The number of para-hydroxylation sites is 1. The summed E-state index contributed by atoms with van der Waals surface area (Å²) >= 11 is 0. The Balaban J connectivity index is 1.49. The van der Waals surface area contributed by atoms with Crippen LogP contribution in [-0.4, -0.2) is 48.2 Å². The summed E-state index contributed by atoms with van der Waals surface area (Å²) in [7, 11) is 5.63. The Morgan fingerprint density at radius 2 is 1.74 bits per heavy atom. The summed E-state index contributed by atoms with van der Waals surface area (Å²) in [6.07, 6.45) is 9.10. The molecule has 1 aliphatic rings. The van der Waals surface area contributed by atoms with Crippen LogP contribution in [0.4, 0.5) is 0 Å². The minimum Gasteiger partial charge on any atom is -0.465 e. The Morgan fingerprint density at radius 1 is 0.974 bits per heavy atom. The molecule has 0 saturated carbocycles. The third-order valence-electron chi connectivity index (χ3n) is 7.44. The van der Waals surface area contributed by atoms with E-state index in [1.807, 2.05) is 24.3 Å². The second kappa shape index (κ2) is 11.8. The molecule has 0 fully saturated rings. The zero-order chi connectivity index (χ0) is 26.5. The molecule has 0 N–H and O–H groups in total. The van der Waals surface area contributed by atoms with Crippen molar-refractivity contribution < 1.29 is 9.53 Å². The largest absolute Gasteiger partial charge is 0.465 e. The standard InChI is InChI=1S/C33H37N3O2/c1-35(2)21-8-22-36-30-12-7-11-29(27-19-17-26(18-20-27)25-9-5-4-6-10-25)32(30)34-31(36)23-24-13-15-28(16-14-24)33(37)38-3/h7,9,11-20H,4-6,8,10,21-23H2,1-3H3. The van der Waals surface area contributed by atoms with Crippen LogP contribution >= 0.6 is 0 Å². The molecule has 38 heavy (non-hydrogen) atoms. The lowest BCUT2D eigenvalue weighted by Gasteiger charge is -2.14. The van der Waals surface area contributed by atoms with E-state index in [2.05, 4.69) is 72.1 Å². The SMILES string of the molecule is COC(=O)c1ccc(Cc2nc3c(-c4ccc(C5=CCCCC5)cc4)cccc3n2CCCN(C)C)cc1.